The average Bonchev–Trinajstić information content (AvgIpc) is 3.15. The van der Waals surface area contributed by atoms with Crippen molar-refractivity contribution in [1.82, 2.24) is 10.2 Å². The molecule has 3 rings (SSSR count). The van der Waals surface area contributed by atoms with Gasteiger partial charge in [0.05, 0.1) is 24.8 Å². The lowest BCUT2D eigenvalue weighted by molar-refractivity contribution is -0.385. The van der Waals surface area contributed by atoms with E-state index in [-0.39, 0.29) is 35.2 Å². The molecule has 0 spiro atoms. The Morgan fingerprint density at radius 1 is 1.22 bits per heavy atom. The summed E-state index contributed by atoms with van der Waals surface area (Å²) in [7, 11) is -4.57. The summed E-state index contributed by atoms with van der Waals surface area (Å²) in [4.78, 5) is 26.1. The first kappa shape index (κ1) is 34.1. The number of nitro groups is 1. The third kappa shape index (κ3) is 6.75. The van der Waals surface area contributed by atoms with Crippen molar-refractivity contribution in [3.05, 3.63) is 49.7 Å². The van der Waals surface area contributed by atoms with Crippen molar-refractivity contribution in [1.29, 1.82) is 0 Å². The normalized spacial score (nSPS) is 27.7. The number of benzene rings is 1. The minimum absolute atomic E-state index is 0.00779. The number of nitrogens with zero attached hydrogens (tertiary/aromatic N) is 2. The van der Waals surface area contributed by atoms with Crippen LogP contribution in [0.1, 0.15) is 53.5 Å². The van der Waals surface area contributed by atoms with Crippen molar-refractivity contribution in [3.63, 3.8) is 0 Å². The van der Waals surface area contributed by atoms with E-state index in [1.54, 1.807) is 24.4 Å². The molecular weight excluding hydrogens is 671 g/mol. The maximum absolute atomic E-state index is 13.4. The average molecular weight is 719 g/mol. The summed E-state index contributed by atoms with van der Waals surface area (Å²) >= 11 is 2.02. The highest BCUT2D eigenvalue weighted by Gasteiger charge is 2.62. The second kappa shape index (κ2) is 11.3. The maximum atomic E-state index is 13.4. The minimum Gasteiger partial charge on any atom is -0.414 e. The summed E-state index contributed by atoms with van der Waals surface area (Å²) in [6, 6.07) is 4.43. The number of halogens is 1. The zero-order chi connectivity index (χ0) is 31.4. The molecule has 2 aliphatic rings. The Kier molecular flexibility index (Phi) is 9.39. The van der Waals surface area contributed by atoms with Crippen molar-refractivity contribution in [2.24, 2.45) is 5.73 Å². The molecule has 1 fully saturated rings. The van der Waals surface area contributed by atoms with Gasteiger partial charge in [0.15, 0.2) is 8.32 Å². The largest absolute Gasteiger partial charge is 0.414 e. The molecule has 230 valence electrons. The number of nitro benzene ring substituents is 1. The Balaban J connectivity index is 1.90. The zero-order valence-electron chi connectivity index (χ0n) is 26.0. The number of carbonyl (C=O) groups is 1. The molecule has 0 aromatic heterocycles. The molecule has 0 radical (unpaired) electrons. The van der Waals surface area contributed by atoms with Crippen molar-refractivity contribution in [3.8, 4) is 0 Å². The Labute approximate surface area is 259 Å². The van der Waals surface area contributed by atoms with Crippen LogP contribution < -0.4 is 11.1 Å². The van der Waals surface area contributed by atoms with Crippen LogP contribution in [-0.2, 0) is 15.6 Å². The van der Waals surface area contributed by atoms with E-state index in [0.717, 1.165) is 3.57 Å². The fraction of sp³-hybridized carbons (Fsp3) is 0.679. The summed E-state index contributed by atoms with van der Waals surface area (Å²) in [5.74, 6) is 0. The van der Waals surface area contributed by atoms with Crippen molar-refractivity contribution >= 4 is 50.7 Å². The molecule has 1 saturated heterocycles. The molecule has 1 aromatic rings. The molecule has 0 saturated carbocycles. The third-order valence-corrected chi connectivity index (χ3v) is 21.5. The SMILES string of the molecule is CC(C)(C)[Si](C)(C)OC[C@H]1O[C@@H](N2C=CC(N)(Cc3ccc(I)cc3[N+](=O)[O-])NC2=O)C[C@@]1(O)[Si](C)(C)C(C)(C)C. The molecule has 2 amide bonds. The summed E-state index contributed by atoms with van der Waals surface area (Å²) in [6.07, 6.45) is 2.15. The van der Waals surface area contributed by atoms with Gasteiger partial charge in [-0.15, -0.1) is 0 Å². The standard InChI is InChI=1S/C28H47IN4O6Si2/c1-25(2,3)40(7,8)28(35)17-23(39-22(28)18-38-41(9,10)26(4,5)6)32-14-13-27(30,31-24(32)34)16-19-11-12-20(29)15-21(19)33(36)37/h11-15,22-23,35H,16-18,30H2,1-10H3,(H,31,34)/t22-,23-,27?,28-/m1/s1. The van der Waals surface area contributed by atoms with E-state index in [1.807, 2.05) is 22.6 Å². The van der Waals surface area contributed by atoms with Gasteiger partial charge < -0.3 is 25.3 Å². The third-order valence-electron chi connectivity index (χ3n) is 9.84. The van der Waals surface area contributed by atoms with Gasteiger partial charge in [0.1, 0.15) is 18.0 Å². The summed E-state index contributed by atoms with van der Waals surface area (Å²) in [6.45, 7) is 21.9. The molecule has 4 N–H and O–H groups in total. The van der Waals surface area contributed by atoms with Gasteiger partial charge in [-0.3, -0.25) is 15.0 Å². The van der Waals surface area contributed by atoms with Crippen LogP contribution >= 0.6 is 22.6 Å². The van der Waals surface area contributed by atoms with Gasteiger partial charge in [0.25, 0.3) is 5.69 Å². The molecule has 4 atom stereocenters. The number of carbonyl (C=O) groups excluding carboxylic acids is 1. The highest BCUT2D eigenvalue weighted by molar-refractivity contribution is 14.1. The first-order valence-electron chi connectivity index (χ1n) is 14.0. The van der Waals surface area contributed by atoms with Crippen molar-refractivity contribution in [2.45, 2.75) is 114 Å². The molecule has 1 unspecified atom stereocenters. The van der Waals surface area contributed by atoms with Crippen LogP contribution in [0.15, 0.2) is 30.5 Å². The van der Waals surface area contributed by atoms with Crippen LogP contribution in [0.25, 0.3) is 0 Å². The Bertz CT molecular complexity index is 1210. The molecule has 1 aromatic carbocycles. The Hall–Kier alpha value is -1.37. The lowest BCUT2D eigenvalue weighted by Crippen LogP contribution is -2.65. The summed E-state index contributed by atoms with van der Waals surface area (Å²) in [5.41, 5.74) is 5.57. The van der Waals surface area contributed by atoms with E-state index in [4.69, 9.17) is 14.9 Å². The van der Waals surface area contributed by atoms with Gasteiger partial charge in [-0.2, -0.15) is 0 Å². The van der Waals surface area contributed by atoms with Gasteiger partial charge in [-0.05, 0) is 57.9 Å². The van der Waals surface area contributed by atoms with E-state index in [0.29, 0.717) is 5.56 Å². The topological polar surface area (TPSA) is 140 Å². The highest BCUT2D eigenvalue weighted by Crippen LogP contribution is 2.50. The van der Waals surface area contributed by atoms with E-state index in [1.165, 1.54) is 11.0 Å². The quantitative estimate of drug-likeness (QED) is 0.133. The van der Waals surface area contributed by atoms with Crippen LogP contribution in [0.3, 0.4) is 0 Å². The second-order valence-electron chi connectivity index (χ2n) is 14.6. The molecular formula is C28H47IN4O6Si2. The van der Waals surface area contributed by atoms with Gasteiger partial charge in [0.2, 0.25) is 0 Å². The lowest BCUT2D eigenvalue weighted by atomic mass is 9.97. The molecule has 10 nitrogen and oxygen atoms in total. The van der Waals surface area contributed by atoms with Crippen molar-refractivity contribution in [2.75, 3.05) is 6.61 Å². The molecule has 2 aliphatic heterocycles. The lowest BCUT2D eigenvalue weighted by Gasteiger charge is -2.49. The van der Waals surface area contributed by atoms with Crippen LogP contribution in [-0.4, -0.2) is 67.2 Å². The minimum atomic E-state index is -2.44. The van der Waals surface area contributed by atoms with Gasteiger partial charge >= 0.3 is 6.03 Å². The van der Waals surface area contributed by atoms with E-state index < -0.39 is 50.6 Å². The van der Waals surface area contributed by atoms with E-state index in [2.05, 4.69) is 73.0 Å². The Morgan fingerprint density at radius 3 is 2.34 bits per heavy atom. The number of nitrogens with one attached hydrogen (secondary N) is 1. The van der Waals surface area contributed by atoms with E-state index in [9.17, 15) is 20.0 Å². The maximum Gasteiger partial charge on any atom is 0.325 e. The number of hydrogen-bond donors (Lipinski definition) is 3. The first-order chi connectivity index (χ1) is 18.4. The number of amides is 2. The molecule has 41 heavy (non-hydrogen) atoms. The van der Waals surface area contributed by atoms with Crippen LogP contribution in [0.4, 0.5) is 10.5 Å². The van der Waals surface area contributed by atoms with Gasteiger partial charge in [-0.25, -0.2) is 4.79 Å². The first-order valence-corrected chi connectivity index (χ1v) is 21.0. The number of rotatable bonds is 8. The van der Waals surface area contributed by atoms with Gasteiger partial charge in [0, 0.05) is 34.2 Å². The van der Waals surface area contributed by atoms with Crippen molar-refractivity contribution < 1.29 is 24.0 Å². The Morgan fingerprint density at radius 2 is 1.83 bits per heavy atom. The second-order valence-corrected chi connectivity index (χ2v) is 26.2. The zero-order valence-corrected chi connectivity index (χ0v) is 30.2. The highest BCUT2D eigenvalue weighted by atomic mass is 127. The van der Waals surface area contributed by atoms with Crippen LogP contribution in [0, 0.1) is 13.7 Å². The van der Waals surface area contributed by atoms with Crippen LogP contribution in [0.5, 0.6) is 0 Å². The number of nitrogens with two attached hydrogens (primary N) is 1. The van der Waals surface area contributed by atoms with Gasteiger partial charge in [-0.1, -0.05) is 60.7 Å². The molecule has 0 bridgehead atoms. The smallest absolute Gasteiger partial charge is 0.325 e. The number of aliphatic hydroxyl groups is 1. The summed E-state index contributed by atoms with van der Waals surface area (Å²) < 4.78 is 13.8. The molecule has 2 heterocycles. The monoisotopic (exact) mass is 718 g/mol. The molecule has 0 aliphatic carbocycles. The van der Waals surface area contributed by atoms with Crippen LogP contribution in [0.2, 0.25) is 36.3 Å². The summed E-state index contributed by atoms with van der Waals surface area (Å²) in [5, 5.41) is 25.5. The fourth-order valence-electron chi connectivity index (χ4n) is 4.98. The van der Waals surface area contributed by atoms with E-state index >= 15 is 0 Å². The predicted octanol–water partition coefficient (Wildman–Crippen LogP) is 5.85. The number of urea groups is 1. The number of ether oxygens (including phenoxy) is 1. The predicted molar refractivity (Wildman–Crippen MR) is 175 cm³/mol. The molecule has 13 heteroatoms. The fourth-order valence-corrected chi connectivity index (χ4v) is 9.40. The number of hydrogen-bond acceptors (Lipinski definition) is 7.